The molecule has 0 radical (unpaired) electrons. The van der Waals surface area contributed by atoms with Gasteiger partial charge in [0.05, 0.1) is 11.0 Å². The number of hydrogen-bond acceptors (Lipinski definition) is 5. The van der Waals surface area contributed by atoms with Crippen molar-refractivity contribution in [3.63, 3.8) is 0 Å². The van der Waals surface area contributed by atoms with Gasteiger partial charge in [0.25, 0.3) is 10.1 Å². The minimum atomic E-state index is -4.44. The van der Waals surface area contributed by atoms with Gasteiger partial charge in [-0.1, -0.05) is 36.4 Å². The number of ether oxygens (including phenoxy) is 1. The largest absolute Gasteiger partial charge is 0.393 e. The normalized spacial score (nSPS) is 12.8. The van der Waals surface area contributed by atoms with Crippen LogP contribution in [0.15, 0.2) is 53.4 Å². The van der Waals surface area contributed by atoms with Crippen LogP contribution in [0.3, 0.4) is 0 Å². The standard InChI is InChI=1S/C18H20O6S/c1-24-10-9-15(19)11-14-7-8-16(25(21,22)23)12-17(14)18(20)13-5-3-2-4-6-13/h2-8,12,15,19H,9-11H2,1H3,(H,21,22,23). The smallest absolute Gasteiger partial charge is 0.294 e. The molecule has 0 bridgehead atoms. The quantitative estimate of drug-likeness (QED) is 0.549. The maximum Gasteiger partial charge on any atom is 0.294 e. The number of carbonyl (C=O) groups excluding carboxylic acids is 1. The zero-order chi connectivity index (χ0) is 18.4. The molecular formula is C18H20O6S. The monoisotopic (exact) mass is 364 g/mol. The van der Waals surface area contributed by atoms with Gasteiger partial charge >= 0.3 is 0 Å². The van der Waals surface area contributed by atoms with Crippen molar-refractivity contribution in [3.8, 4) is 0 Å². The van der Waals surface area contributed by atoms with Crippen molar-refractivity contribution in [2.24, 2.45) is 0 Å². The van der Waals surface area contributed by atoms with Crippen LogP contribution in [-0.4, -0.2) is 43.7 Å². The molecule has 2 rings (SSSR count). The number of rotatable bonds is 8. The molecule has 2 N–H and O–H groups in total. The number of ketones is 1. The van der Waals surface area contributed by atoms with E-state index in [4.69, 9.17) is 4.74 Å². The van der Waals surface area contributed by atoms with Crippen LogP contribution in [0.2, 0.25) is 0 Å². The van der Waals surface area contributed by atoms with Crippen molar-refractivity contribution >= 4 is 15.9 Å². The van der Waals surface area contributed by atoms with Gasteiger partial charge in [0.1, 0.15) is 0 Å². The van der Waals surface area contributed by atoms with Crippen molar-refractivity contribution in [1.82, 2.24) is 0 Å². The molecule has 134 valence electrons. The lowest BCUT2D eigenvalue weighted by atomic mass is 9.94. The SMILES string of the molecule is COCCC(O)Cc1ccc(S(=O)(=O)O)cc1C(=O)c1ccccc1. The van der Waals surface area contributed by atoms with E-state index in [9.17, 15) is 22.9 Å². The molecule has 0 saturated heterocycles. The van der Waals surface area contributed by atoms with Gasteiger partial charge in [0.15, 0.2) is 5.78 Å². The molecule has 0 fully saturated rings. The summed E-state index contributed by atoms with van der Waals surface area (Å²) in [5.41, 5.74) is 1.03. The molecule has 0 aliphatic carbocycles. The Balaban J connectivity index is 2.43. The second-order valence-corrected chi connectivity index (χ2v) is 7.05. The molecule has 2 aromatic carbocycles. The fraction of sp³-hybridized carbons (Fsp3) is 0.278. The van der Waals surface area contributed by atoms with Crippen LogP contribution < -0.4 is 0 Å². The van der Waals surface area contributed by atoms with Crippen LogP contribution in [0.1, 0.15) is 27.9 Å². The third-order valence-corrected chi connectivity index (χ3v) is 4.62. The maximum atomic E-state index is 12.8. The predicted octanol–water partition coefficient (Wildman–Crippen LogP) is 2.10. The molecule has 0 amide bonds. The first-order valence-electron chi connectivity index (χ1n) is 7.70. The summed E-state index contributed by atoms with van der Waals surface area (Å²) in [6.07, 6.45) is -0.183. The predicted molar refractivity (Wildman–Crippen MR) is 92.3 cm³/mol. The molecule has 0 aliphatic heterocycles. The molecule has 0 spiro atoms. The van der Waals surface area contributed by atoms with Gasteiger partial charge in [-0.15, -0.1) is 0 Å². The number of aliphatic hydroxyl groups is 1. The number of hydrogen-bond donors (Lipinski definition) is 2. The molecule has 6 nitrogen and oxygen atoms in total. The average Bonchev–Trinajstić information content (AvgIpc) is 2.59. The van der Waals surface area contributed by atoms with Gasteiger partial charge in [0, 0.05) is 24.8 Å². The Kier molecular flexibility index (Phi) is 6.44. The first-order valence-corrected chi connectivity index (χ1v) is 9.14. The van der Waals surface area contributed by atoms with E-state index >= 15 is 0 Å². The maximum absolute atomic E-state index is 12.8. The Hall–Kier alpha value is -2.06. The second-order valence-electron chi connectivity index (χ2n) is 5.63. The highest BCUT2D eigenvalue weighted by molar-refractivity contribution is 7.85. The molecule has 0 aliphatic rings. The third kappa shape index (κ3) is 5.20. The summed E-state index contributed by atoms with van der Waals surface area (Å²) in [6.45, 7) is 0.367. The minimum absolute atomic E-state index is 0.137. The zero-order valence-electron chi connectivity index (χ0n) is 13.8. The Labute approximate surface area is 146 Å². The van der Waals surface area contributed by atoms with Crippen LogP contribution in [0.4, 0.5) is 0 Å². The van der Waals surface area contributed by atoms with E-state index in [-0.39, 0.29) is 22.7 Å². The van der Waals surface area contributed by atoms with E-state index in [1.54, 1.807) is 30.3 Å². The first kappa shape index (κ1) is 19.3. The van der Waals surface area contributed by atoms with Gasteiger partial charge in [-0.05, 0) is 30.5 Å². The summed E-state index contributed by atoms with van der Waals surface area (Å²) in [5.74, 6) is -0.375. The van der Waals surface area contributed by atoms with Crippen LogP contribution in [-0.2, 0) is 21.3 Å². The Bertz CT molecular complexity index is 830. The van der Waals surface area contributed by atoms with Crippen molar-refractivity contribution in [2.45, 2.75) is 23.8 Å². The molecule has 1 atom stereocenters. The van der Waals surface area contributed by atoms with Gasteiger partial charge in [-0.3, -0.25) is 9.35 Å². The van der Waals surface area contributed by atoms with Gasteiger partial charge in [0.2, 0.25) is 0 Å². The van der Waals surface area contributed by atoms with E-state index in [1.807, 2.05) is 0 Å². The Morgan fingerprint density at radius 2 is 1.84 bits per heavy atom. The number of carbonyl (C=O) groups is 1. The van der Waals surface area contributed by atoms with Gasteiger partial charge in [-0.25, -0.2) is 0 Å². The number of methoxy groups -OCH3 is 1. The van der Waals surface area contributed by atoms with Crippen molar-refractivity contribution < 1.29 is 27.6 Å². The summed E-state index contributed by atoms with van der Waals surface area (Å²) in [5, 5.41) is 10.1. The third-order valence-electron chi connectivity index (χ3n) is 3.77. The molecule has 2 aromatic rings. The average molecular weight is 364 g/mol. The highest BCUT2D eigenvalue weighted by atomic mass is 32.2. The summed E-state index contributed by atoms with van der Waals surface area (Å²) in [7, 11) is -2.91. The highest BCUT2D eigenvalue weighted by Gasteiger charge is 2.20. The number of benzene rings is 2. The van der Waals surface area contributed by atoms with Crippen molar-refractivity contribution in [1.29, 1.82) is 0 Å². The Morgan fingerprint density at radius 3 is 2.44 bits per heavy atom. The van der Waals surface area contributed by atoms with Crippen molar-refractivity contribution in [2.75, 3.05) is 13.7 Å². The van der Waals surface area contributed by atoms with Crippen molar-refractivity contribution in [3.05, 3.63) is 65.2 Å². The fourth-order valence-electron chi connectivity index (χ4n) is 2.46. The Morgan fingerprint density at radius 1 is 1.16 bits per heavy atom. The van der Waals surface area contributed by atoms with Crippen LogP contribution in [0.5, 0.6) is 0 Å². The molecular weight excluding hydrogens is 344 g/mol. The van der Waals surface area contributed by atoms with E-state index < -0.39 is 16.2 Å². The van der Waals surface area contributed by atoms with E-state index in [0.717, 1.165) is 6.07 Å². The lowest BCUT2D eigenvalue weighted by molar-refractivity contribution is 0.103. The second kappa shape index (κ2) is 8.35. The van der Waals surface area contributed by atoms with Gasteiger partial charge in [-0.2, -0.15) is 8.42 Å². The van der Waals surface area contributed by atoms with E-state index in [2.05, 4.69) is 0 Å². The molecule has 25 heavy (non-hydrogen) atoms. The zero-order valence-corrected chi connectivity index (χ0v) is 14.6. The van der Waals surface area contributed by atoms with Gasteiger partial charge < -0.3 is 9.84 Å². The van der Waals surface area contributed by atoms with Crippen LogP contribution in [0.25, 0.3) is 0 Å². The van der Waals surface area contributed by atoms with Crippen LogP contribution >= 0.6 is 0 Å². The summed E-state index contributed by atoms with van der Waals surface area (Å²) in [6, 6.07) is 12.2. The molecule has 7 heteroatoms. The van der Waals surface area contributed by atoms with E-state index in [1.165, 1.54) is 19.2 Å². The molecule has 1 unspecified atom stereocenters. The lowest BCUT2D eigenvalue weighted by Gasteiger charge is -2.14. The molecule has 0 heterocycles. The number of aliphatic hydroxyl groups excluding tert-OH is 1. The first-order chi connectivity index (χ1) is 11.8. The highest BCUT2D eigenvalue weighted by Crippen LogP contribution is 2.21. The summed E-state index contributed by atoms with van der Waals surface area (Å²) >= 11 is 0. The lowest BCUT2D eigenvalue weighted by Crippen LogP contribution is -2.16. The van der Waals surface area contributed by atoms with Crippen LogP contribution in [0, 0.1) is 0 Å². The molecule has 0 saturated carbocycles. The fourth-order valence-corrected chi connectivity index (χ4v) is 2.97. The summed E-state index contributed by atoms with van der Waals surface area (Å²) in [4.78, 5) is 12.4. The summed E-state index contributed by atoms with van der Waals surface area (Å²) < 4.78 is 37.0. The van der Waals surface area contributed by atoms with E-state index in [0.29, 0.717) is 24.2 Å². The molecule has 0 aromatic heterocycles. The topological polar surface area (TPSA) is 101 Å². The minimum Gasteiger partial charge on any atom is -0.393 e.